The minimum atomic E-state index is 0.576. The molecule has 0 radical (unpaired) electrons. The monoisotopic (exact) mass is 282 g/mol. The molecular weight excluding hydrogens is 272 g/mol. The van der Waals surface area contributed by atoms with Gasteiger partial charge in [-0.25, -0.2) is 4.98 Å². The van der Waals surface area contributed by atoms with Crippen LogP contribution in [0, 0.1) is 0 Å². The third-order valence-corrected chi connectivity index (χ3v) is 2.59. The Bertz CT molecular complexity index is 457. The summed E-state index contributed by atoms with van der Waals surface area (Å²) in [4.78, 5) is 3.85. The van der Waals surface area contributed by atoms with Gasteiger partial charge in [-0.05, 0) is 18.2 Å². The molecule has 16 heavy (non-hydrogen) atoms. The van der Waals surface area contributed by atoms with Gasteiger partial charge in [0, 0.05) is 4.47 Å². The Hall–Kier alpha value is -1.49. The molecule has 0 amide bonds. The molecule has 0 aliphatic heterocycles. The second kappa shape index (κ2) is 5.03. The van der Waals surface area contributed by atoms with Crippen LogP contribution in [0.4, 0.5) is 5.69 Å². The Morgan fingerprint density at radius 2 is 2.38 bits per heavy atom. The summed E-state index contributed by atoms with van der Waals surface area (Å²) < 4.78 is 11.4. The average molecular weight is 283 g/mol. The lowest BCUT2D eigenvalue weighted by molar-refractivity contribution is 0.416. The summed E-state index contributed by atoms with van der Waals surface area (Å²) in [6, 6.07) is 5.78. The van der Waals surface area contributed by atoms with E-state index in [-0.39, 0.29) is 0 Å². The number of aromatic nitrogens is 1. The molecule has 1 heterocycles. The zero-order valence-electron chi connectivity index (χ0n) is 8.74. The van der Waals surface area contributed by atoms with E-state index in [4.69, 9.17) is 9.15 Å². The van der Waals surface area contributed by atoms with Crippen molar-refractivity contribution < 1.29 is 9.15 Å². The first-order valence-electron chi connectivity index (χ1n) is 4.74. The summed E-state index contributed by atoms with van der Waals surface area (Å²) in [5, 5.41) is 3.22. The number of hydrogen-bond acceptors (Lipinski definition) is 4. The van der Waals surface area contributed by atoms with Gasteiger partial charge in [0.25, 0.3) is 0 Å². The first-order valence-corrected chi connectivity index (χ1v) is 5.53. The molecule has 84 valence electrons. The van der Waals surface area contributed by atoms with Crippen LogP contribution in [0.5, 0.6) is 5.75 Å². The number of rotatable bonds is 4. The molecule has 0 saturated heterocycles. The van der Waals surface area contributed by atoms with Gasteiger partial charge in [0.2, 0.25) is 0 Å². The van der Waals surface area contributed by atoms with Crippen molar-refractivity contribution in [1.82, 2.24) is 4.98 Å². The second-order valence-electron chi connectivity index (χ2n) is 3.17. The third-order valence-electron chi connectivity index (χ3n) is 2.10. The maximum Gasteiger partial charge on any atom is 0.180 e. The number of anilines is 1. The van der Waals surface area contributed by atoms with Crippen LogP contribution in [0.15, 0.2) is 39.7 Å². The lowest BCUT2D eigenvalue weighted by atomic mass is 10.3. The van der Waals surface area contributed by atoms with Crippen LogP contribution in [-0.2, 0) is 6.54 Å². The van der Waals surface area contributed by atoms with Crippen molar-refractivity contribution in [3.8, 4) is 5.75 Å². The molecule has 0 aliphatic rings. The minimum absolute atomic E-state index is 0.576. The predicted octanol–water partition coefficient (Wildman–Crippen LogP) is 3.06. The van der Waals surface area contributed by atoms with Crippen molar-refractivity contribution in [2.45, 2.75) is 6.54 Å². The Morgan fingerprint density at radius 3 is 3.06 bits per heavy atom. The van der Waals surface area contributed by atoms with Gasteiger partial charge in [-0.2, -0.15) is 0 Å². The lowest BCUT2D eigenvalue weighted by Gasteiger charge is -2.10. The number of nitrogens with one attached hydrogen (secondary N) is 1. The normalized spacial score (nSPS) is 10.1. The Morgan fingerprint density at radius 1 is 1.50 bits per heavy atom. The van der Waals surface area contributed by atoms with E-state index < -0.39 is 0 Å². The van der Waals surface area contributed by atoms with Crippen molar-refractivity contribution in [3.63, 3.8) is 0 Å². The van der Waals surface area contributed by atoms with Crippen LogP contribution in [0.2, 0.25) is 0 Å². The Labute approximate surface area is 102 Å². The number of nitrogens with zero attached hydrogens (tertiary/aromatic N) is 1. The quantitative estimate of drug-likeness (QED) is 0.936. The van der Waals surface area contributed by atoms with Crippen LogP contribution >= 0.6 is 15.9 Å². The number of benzene rings is 1. The minimum Gasteiger partial charge on any atom is -0.495 e. The number of methoxy groups -OCH3 is 1. The number of hydrogen-bond donors (Lipinski definition) is 1. The van der Waals surface area contributed by atoms with Crippen LogP contribution in [0.3, 0.4) is 0 Å². The molecule has 0 atom stereocenters. The van der Waals surface area contributed by atoms with E-state index in [1.165, 1.54) is 6.39 Å². The fourth-order valence-corrected chi connectivity index (χ4v) is 1.69. The van der Waals surface area contributed by atoms with Gasteiger partial charge in [0.1, 0.15) is 11.5 Å². The fraction of sp³-hybridized carbons (Fsp3) is 0.182. The van der Waals surface area contributed by atoms with E-state index in [9.17, 15) is 0 Å². The molecule has 1 aromatic heterocycles. The zero-order chi connectivity index (χ0) is 11.4. The first-order chi connectivity index (χ1) is 7.79. The molecule has 1 N–H and O–H groups in total. The second-order valence-corrected chi connectivity index (χ2v) is 4.08. The highest BCUT2D eigenvalue weighted by molar-refractivity contribution is 9.10. The van der Waals surface area contributed by atoms with Crippen LogP contribution < -0.4 is 10.1 Å². The fourth-order valence-electron chi connectivity index (χ4n) is 1.33. The highest BCUT2D eigenvalue weighted by atomic mass is 79.9. The molecule has 2 aromatic rings. The van der Waals surface area contributed by atoms with Crippen molar-refractivity contribution in [2.24, 2.45) is 0 Å². The molecule has 1 aromatic carbocycles. The van der Waals surface area contributed by atoms with Gasteiger partial charge in [-0.3, -0.25) is 0 Å². The summed E-state index contributed by atoms with van der Waals surface area (Å²) in [5.41, 5.74) is 0.910. The maximum absolute atomic E-state index is 5.24. The molecule has 0 bridgehead atoms. The first kappa shape index (κ1) is 11.0. The number of halogens is 1. The number of ether oxygens (including phenoxy) is 1. The average Bonchev–Trinajstić information content (AvgIpc) is 2.79. The van der Waals surface area contributed by atoms with E-state index in [0.717, 1.165) is 21.7 Å². The maximum atomic E-state index is 5.24. The largest absolute Gasteiger partial charge is 0.495 e. The molecular formula is C11H11BrN2O2. The van der Waals surface area contributed by atoms with Crippen molar-refractivity contribution in [1.29, 1.82) is 0 Å². The van der Waals surface area contributed by atoms with E-state index in [0.29, 0.717) is 6.54 Å². The van der Waals surface area contributed by atoms with Gasteiger partial charge in [0.15, 0.2) is 6.39 Å². The number of oxazole rings is 1. The highest BCUT2D eigenvalue weighted by Crippen LogP contribution is 2.28. The van der Waals surface area contributed by atoms with Crippen molar-refractivity contribution in [3.05, 3.63) is 41.0 Å². The van der Waals surface area contributed by atoms with Gasteiger partial charge in [0.05, 0.1) is 25.5 Å². The molecule has 0 fully saturated rings. The topological polar surface area (TPSA) is 47.3 Å². The molecule has 0 aliphatic carbocycles. The van der Waals surface area contributed by atoms with Crippen molar-refractivity contribution >= 4 is 21.6 Å². The Balaban J connectivity index is 2.11. The highest BCUT2D eigenvalue weighted by Gasteiger charge is 2.04. The zero-order valence-corrected chi connectivity index (χ0v) is 10.3. The lowest BCUT2D eigenvalue weighted by Crippen LogP contribution is -2.00. The van der Waals surface area contributed by atoms with Crippen LogP contribution in [-0.4, -0.2) is 12.1 Å². The van der Waals surface area contributed by atoms with Crippen molar-refractivity contribution in [2.75, 3.05) is 12.4 Å². The smallest absolute Gasteiger partial charge is 0.180 e. The molecule has 5 heteroatoms. The third kappa shape index (κ3) is 2.55. The van der Waals surface area contributed by atoms with Gasteiger partial charge >= 0.3 is 0 Å². The SMILES string of the molecule is COc1ccc(Br)cc1NCc1cnco1. The summed E-state index contributed by atoms with van der Waals surface area (Å²) in [5.74, 6) is 1.57. The van der Waals surface area contributed by atoms with E-state index >= 15 is 0 Å². The molecule has 4 nitrogen and oxygen atoms in total. The molecule has 0 spiro atoms. The van der Waals surface area contributed by atoms with Gasteiger partial charge in [-0.1, -0.05) is 15.9 Å². The molecule has 2 rings (SSSR count). The van der Waals surface area contributed by atoms with E-state index in [2.05, 4.69) is 26.2 Å². The van der Waals surface area contributed by atoms with Gasteiger partial charge < -0.3 is 14.5 Å². The standard InChI is InChI=1S/C11H11BrN2O2/c1-15-11-3-2-8(12)4-10(11)14-6-9-5-13-7-16-9/h2-5,7,14H,6H2,1H3. The van der Waals surface area contributed by atoms with E-state index in [1.54, 1.807) is 13.3 Å². The molecule has 0 saturated carbocycles. The Kier molecular flexibility index (Phi) is 3.46. The summed E-state index contributed by atoms with van der Waals surface area (Å²) in [7, 11) is 1.64. The summed E-state index contributed by atoms with van der Waals surface area (Å²) >= 11 is 3.41. The van der Waals surface area contributed by atoms with Gasteiger partial charge in [-0.15, -0.1) is 0 Å². The van der Waals surface area contributed by atoms with Crippen LogP contribution in [0.25, 0.3) is 0 Å². The summed E-state index contributed by atoms with van der Waals surface area (Å²) in [6.45, 7) is 0.576. The van der Waals surface area contributed by atoms with Crippen LogP contribution in [0.1, 0.15) is 5.76 Å². The van der Waals surface area contributed by atoms with E-state index in [1.807, 2.05) is 18.2 Å². The summed E-state index contributed by atoms with van der Waals surface area (Å²) in [6.07, 6.45) is 3.09. The predicted molar refractivity (Wildman–Crippen MR) is 64.5 cm³/mol. The molecule has 0 unspecified atom stereocenters.